The topological polar surface area (TPSA) is 69.6 Å². The van der Waals surface area contributed by atoms with Gasteiger partial charge in [-0.1, -0.05) is 20.8 Å². The molecule has 2 N–H and O–H groups in total. The Morgan fingerprint density at radius 2 is 1.71 bits per heavy atom. The molecule has 1 rings (SSSR count). The number of amides is 2. The van der Waals surface area contributed by atoms with Crippen LogP contribution in [-0.2, 0) is 4.79 Å². The number of hydrogen-bond acceptors (Lipinski definition) is 2. The van der Waals surface area contributed by atoms with Crippen molar-refractivity contribution in [2.24, 2.45) is 5.41 Å². The van der Waals surface area contributed by atoms with Crippen molar-refractivity contribution in [3.8, 4) is 0 Å². The lowest BCUT2D eigenvalue weighted by atomic mass is 9.87. The molecule has 2 amide bonds. The number of hydrogen-bond donors (Lipinski definition) is 2. The highest BCUT2D eigenvalue weighted by Crippen LogP contribution is 2.20. The number of likely N-dealkylation sites (tertiary alicyclic amines) is 1. The number of carbonyl (C=O) groups excluding carboxylic acids is 1. The van der Waals surface area contributed by atoms with Crippen LogP contribution in [0.3, 0.4) is 0 Å². The summed E-state index contributed by atoms with van der Waals surface area (Å²) in [5.74, 6) is -0.983. The van der Waals surface area contributed by atoms with Crippen molar-refractivity contribution < 1.29 is 14.7 Å². The Bertz CT molecular complexity index is 291. The summed E-state index contributed by atoms with van der Waals surface area (Å²) < 4.78 is 0. The van der Waals surface area contributed by atoms with Gasteiger partial charge < -0.3 is 15.3 Å². The maximum absolute atomic E-state index is 11.9. The maximum atomic E-state index is 11.9. The quantitative estimate of drug-likeness (QED) is 0.774. The number of nitrogens with one attached hydrogen (secondary N) is 1. The SMILES string of the molecule is CC(C)(C)[C@@H](NC(=O)N1CCCCC1)C(=O)O. The van der Waals surface area contributed by atoms with Gasteiger partial charge in [-0.2, -0.15) is 0 Å². The van der Waals surface area contributed by atoms with Crippen LogP contribution in [0.25, 0.3) is 0 Å². The van der Waals surface area contributed by atoms with Crippen LogP contribution in [0, 0.1) is 5.41 Å². The van der Waals surface area contributed by atoms with E-state index in [-0.39, 0.29) is 6.03 Å². The molecule has 0 aromatic carbocycles. The van der Waals surface area contributed by atoms with E-state index in [1.54, 1.807) is 4.90 Å². The number of urea groups is 1. The fraction of sp³-hybridized carbons (Fsp3) is 0.833. The van der Waals surface area contributed by atoms with Crippen LogP contribution in [-0.4, -0.2) is 41.1 Å². The molecular formula is C12H22N2O3. The molecule has 0 radical (unpaired) electrons. The molecule has 5 nitrogen and oxygen atoms in total. The van der Waals surface area contributed by atoms with E-state index in [0.717, 1.165) is 32.4 Å². The minimum absolute atomic E-state index is 0.257. The van der Waals surface area contributed by atoms with Gasteiger partial charge in [0.25, 0.3) is 0 Å². The Morgan fingerprint density at radius 1 is 1.18 bits per heavy atom. The van der Waals surface area contributed by atoms with E-state index in [1.807, 2.05) is 20.8 Å². The molecule has 1 saturated heterocycles. The Labute approximate surface area is 102 Å². The van der Waals surface area contributed by atoms with E-state index >= 15 is 0 Å². The van der Waals surface area contributed by atoms with Gasteiger partial charge in [0, 0.05) is 13.1 Å². The summed E-state index contributed by atoms with van der Waals surface area (Å²) in [6.07, 6.45) is 3.15. The Kier molecular flexibility index (Phi) is 4.37. The molecule has 0 aromatic heterocycles. The van der Waals surface area contributed by atoms with Gasteiger partial charge in [-0.05, 0) is 24.7 Å². The summed E-state index contributed by atoms with van der Waals surface area (Å²) in [4.78, 5) is 24.7. The molecule has 98 valence electrons. The van der Waals surface area contributed by atoms with Crippen LogP contribution in [0.4, 0.5) is 4.79 Å². The molecule has 0 saturated carbocycles. The number of carboxylic acids is 1. The van der Waals surface area contributed by atoms with Gasteiger partial charge in [0.1, 0.15) is 6.04 Å². The second-order valence-electron chi connectivity index (χ2n) is 5.63. The van der Waals surface area contributed by atoms with Gasteiger partial charge in [-0.15, -0.1) is 0 Å². The molecule has 0 bridgehead atoms. The van der Waals surface area contributed by atoms with Crippen LogP contribution < -0.4 is 5.32 Å². The van der Waals surface area contributed by atoms with Gasteiger partial charge in [0.2, 0.25) is 0 Å². The van der Waals surface area contributed by atoms with E-state index in [4.69, 9.17) is 5.11 Å². The second-order valence-corrected chi connectivity index (χ2v) is 5.63. The van der Waals surface area contributed by atoms with Crippen LogP contribution in [0.5, 0.6) is 0 Å². The number of carboxylic acid groups (broad SMARTS) is 1. The number of carbonyl (C=O) groups is 2. The van der Waals surface area contributed by atoms with Crippen molar-refractivity contribution in [1.29, 1.82) is 0 Å². The Morgan fingerprint density at radius 3 is 2.12 bits per heavy atom. The van der Waals surface area contributed by atoms with E-state index in [1.165, 1.54) is 0 Å². The first-order valence-electron chi connectivity index (χ1n) is 6.10. The summed E-state index contributed by atoms with van der Waals surface area (Å²) in [5, 5.41) is 11.7. The normalized spacial score (nSPS) is 18.6. The van der Waals surface area contributed by atoms with Crippen LogP contribution >= 0.6 is 0 Å². The Hall–Kier alpha value is -1.26. The molecule has 1 aliphatic heterocycles. The number of nitrogens with zero attached hydrogens (tertiary/aromatic N) is 1. The molecule has 1 heterocycles. The lowest BCUT2D eigenvalue weighted by Gasteiger charge is -2.32. The van der Waals surface area contributed by atoms with Crippen molar-refractivity contribution in [2.75, 3.05) is 13.1 Å². The molecule has 5 heteroatoms. The van der Waals surface area contributed by atoms with Crippen molar-refractivity contribution in [1.82, 2.24) is 10.2 Å². The smallest absolute Gasteiger partial charge is 0.326 e. The zero-order valence-corrected chi connectivity index (χ0v) is 10.8. The number of aliphatic carboxylic acids is 1. The van der Waals surface area contributed by atoms with Gasteiger partial charge >= 0.3 is 12.0 Å². The largest absolute Gasteiger partial charge is 0.480 e. The van der Waals surface area contributed by atoms with Gasteiger partial charge in [-0.3, -0.25) is 0 Å². The van der Waals surface area contributed by atoms with E-state index in [9.17, 15) is 9.59 Å². The lowest BCUT2D eigenvalue weighted by Crippen LogP contribution is -2.54. The highest BCUT2D eigenvalue weighted by molar-refractivity contribution is 5.83. The predicted octanol–water partition coefficient (Wildman–Crippen LogP) is 1.68. The van der Waals surface area contributed by atoms with E-state index in [0.29, 0.717) is 0 Å². The molecular weight excluding hydrogens is 220 g/mol. The summed E-state index contributed by atoms with van der Waals surface area (Å²) >= 11 is 0. The molecule has 0 unspecified atom stereocenters. The molecule has 1 atom stereocenters. The third-order valence-corrected chi connectivity index (χ3v) is 3.02. The molecule has 0 aliphatic carbocycles. The third kappa shape index (κ3) is 3.91. The van der Waals surface area contributed by atoms with E-state index < -0.39 is 17.4 Å². The van der Waals surface area contributed by atoms with Crippen molar-refractivity contribution in [3.63, 3.8) is 0 Å². The number of rotatable bonds is 2. The first kappa shape index (κ1) is 13.8. The molecule has 0 spiro atoms. The third-order valence-electron chi connectivity index (χ3n) is 3.02. The zero-order chi connectivity index (χ0) is 13.1. The highest BCUT2D eigenvalue weighted by Gasteiger charge is 2.33. The molecule has 0 aromatic rings. The van der Waals surface area contributed by atoms with Crippen LogP contribution in [0.2, 0.25) is 0 Å². The summed E-state index contributed by atoms with van der Waals surface area (Å²) in [7, 11) is 0. The maximum Gasteiger partial charge on any atom is 0.326 e. The Balaban J connectivity index is 2.60. The van der Waals surface area contributed by atoms with Gasteiger partial charge in [0.05, 0.1) is 0 Å². The van der Waals surface area contributed by atoms with Gasteiger partial charge in [0.15, 0.2) is 0 Å². The average Bonchev–Trinajstić information content (AvgIpc) is 2.24. The standard InChI is InChI=1S/C12H22N2O3/c1-12(2,3)9(10(15)16)13-11(17)14-7-5-4-6-8-14/h9H,4-8H2,1-3H3,(H,13,17)(H,15,16)/t9-/m0/s1. The lowest BCUT2D eigenvalue weighted by molar-refractivity contribution is -0.142. The summed E-state index contributed by atoms with van der Waals surface area (Å²) in [6, 6.07) is -1.11. The second kappa shape index (κ2) is 5.38. The monoisotopic (exact) mass is 242 g/mol. The first-order valence-corrected chi connectivity index (χ1v) is 6.10. The highest BCUT2D eigenvalue weighted by atomic mass is 16.4. The molecule has 1 fully saturated rings. The van der Waals surface area contributed by atoms with Crippen LogP contribution in [0.15, 0.2) is 0 Å². The molecule has 1 aliphatic rings. The minimum atomic E-state index is -0.983. The zero-order valence-electron chi connectivity index (χ0n) is 10.8. The van der Waals surface area contributed by atoms with Crippen LogP contribution in [0.1, 0.15) is 40.0 Å². The number of piperidine rings is 1. The minimum Gasteiger partial charge on any atom is -0.480 e. The fourth-order valence-electron chi connectivity index (χ4n) is 1.96. The summed E-state index contributed by atoms with van der Waals surface area (Å²) in [5.41, 5.74) is -0.489. The van der Waals surface area contributed by atoms with Gasteiger partial charge in [-0.25, -0.2) is 9.59 Å². The van der Waals surface area contributed by atoms with E-state index in [2.05, 4.69) is 5.32 Å². The molecule has 17 heavy (non-hydrogen) atoms. The van der Waals surface area contributed by atoms with Crippen molar-refractivity contribution in [2.45, 2.75) is 46.1 Å². The predicted molar refractivity (Wildman–Crippen MR) is 64.8 cm³/mol. The first-order chi connectivity index (χ1) is 7.82. The summed E-state index contributed by atoms with van der Waals surface area (Å²) in [6.45, 7) is 6.87. The average molecular weight is 242 g/mol. The fourth-order valence-corrected chi connectivity index (χ4v) is 1.96. The van der Waals surface area contributed by atoms with Crippen molar-refractivity contribution >= 4 is 12.0 Å². The van der Waals surface area contributed by atoms with Crippen molar-refractivity contribution in [3.05, 3.63) is 0 Å².